The minimum absolute atomic E-state index is 0.0735. The molecule has 0 saturated carbocycles. The van der Waals surface area contributed by atoms with Gasteiger partial charge in [0.1, 0.15) is 6.04 Å². The Hall–Kier alpha value is -2.37. The van der Waals surface area contributed by atoms with Crippen molar-refractivity contribution in [3.05, 3.63) is 70.2 Å². The molecular formula is C26H33ClN2O3. The first-order valence-corrected chi connectivity index (χ1v) is 11.5. The van der Waals surface area contributed by atoms with Gasteiger partial charge in [-0.15, -0.1) is 0 Å². The van der Waals surface area contributed by atoms with E-state index in [1.54, 1.807) is 23.1 Å². The van der Waals surface area contributed by atoms with E-state index in [0.717, 1.165) is 11.1 Å². The third kappa shape index (κ3) is 4.69. The molecule has 32 heavy (non-hydrogen) atoms. The number of aryl methyl sites for hydroxylation is 1. The molecular weight excluding hydrogens is 424 g/mol. The van der Waals surface area contributed by atoms with Crippen LogP contribution in [0.3, 0.4) is 0 Å². The number of carbonyl (C=O) groups excluding carboxylic acids is 2. The second kappa shape index (κ2) is 9.24. The second-order valence-corrected chi connectivity index (χ2v) is 10.2. The van der Waals surface area contributed by atoms with Gasteiger partial charge in [-0.2, -0.15) is 0 Å². The Kier molecular flexibility index (Phi) is 7.01. The SMILES string of the molecule is Cc1ccccc1C(=O)N[C@@H](C(=O)N1CC[C@](O)(c2ccc(Cl)cc2)C(C)(C)C1)C(C)C. The highest BCUT2D eigenvalue weighted by molar-refractivity contribution is 6.30. The van der Waals surface area contributed by atoms with E-state index in [1.165, 1.54) is 0 Å². The van der Waals surface area contributed by atoms with Crippen LogP contribution in [0, 0.1) is 18.3 Å². The Bertz CT molecular complexity index is 987. The average Bonchev–Trinajstić information content (AvgIpc) is 2.73. The maximum atomic E-state index is 13.5. The number of halogens is 1. The monoisotopic (exact) mass is 456 g/mol. The smallest absolute Gasteiger partial charge is 0.252 e. The summed E-state index contributed by atoms with van der Waals surface area (Å²) in [6.07, 6.45) is 0.407. The summed E-state index contributed by atoms with van der Waals surface area (Å²) in [5.74, 6) is -0.437. The zero-order chi connectivity index (χ0) is 23.7. The molecule has 1 aliphatic heterocycles. The largest absolute Gasteiger partial charge is 0.384 e. The predicted octanol–water partition coefficient (Wildman–Crippen LogP) is 4.55. The van der Waals surface area contributed by atoms with Crippen molar-refractivity contribution >= 4 is 23.4 Å². The number of rotatable bonds is 5. The number of nitrogens with zero attached hydrogens (tertiary/aromatic N) is 1. The topological polar surface area (TPSA) is 69.6 Å². The lowest BCUT2D eigenvalue weighted by Crippen LogP contribution is -2.60. The van der Waals surface area contributed by atoms with Gasteiger partial charge < -0.3 is 15.3 Å². The molecule has 2 amide bonds. The van der Waals surface area contributed by atoms with Crippen LogP contribution < -0.4 is 5.32 Å². The number of hydrogen-bond acceptors (Lipinski definition) is 3. The van der Waals surface area contributed by atoms with Crippen molar-refractivity contribution in [2.45, 2.75) is 52.7 Å². The number of benzene rings is 2. The quantitative estimate of drug-likeness (QED) is 0.693. The van der Waals surface area contributed by atoms with Crippen LogP contribution in [0.4, 0.5) is 0 Å². The summed E-state index contributed by atoms with van der Waals surface area (Å²) in [4.78, 5) is 28.1. The van der Waals surface area contributed by atoms with Crippen LogP contribution >= 0.6 is 11.6 Å². The Labute approximate surface area is 195 Å². The molecule has 2 aromatic carbocycles. The van der Waals surface area contributed by atoms with E-state index in [4.69, 9.17) is 11.6 Å². The van der Waals surface area contributed by atoms with Gasteiger partial charge in [0.15, 0.2) is 0 Å². The van der Waals surface area contributed by atoms with Crippen molar-refractivity contribution in [3.8, 4) is 0 Å². The van der Waals surface area contributed by atoms with Crippen LogP contribution in [0.2, 0.25) is 5.02 Å². The third-order valence-electron chi connectivity index (χ3n) is 6.69. The molecule has 6 heteroatoms. The molecule has 0 radical (unpaired) electrons. The standard InChI is InChI=1S/C26H33ClN2O3/c1-17(2)22(28-23(30)21-9-7-6-8-18(21)3)24(31)29-15-14-26(32,25(4,5)16-29)19-10-12-20(27)13-11-19/h6-13,17,22,32H,14-16H2,1-5H3,(H,28,30)/t22-,26+/m1/s1. The molecule has 0 aromatic heterocycles. The summed E-state index contributed by atoms with van der Waals surface area (Å²) in [5, 5.41) is 15.1. The molecule has 1 fully saturated rings. The molecule has 0 unspecified atom stereocenters. The van der Waals surface area contributed by atoms with E-state index >= 15 is 0 Å². The Balaban J connectivity index is 1.78. The fourth-order valence-electron chi connectivity index (χ4n) is 4.53. The highest BCUT2D eigenvalue weighted by atomic mass is 35.5. The van der Waals surface area contributed by atoms with Crippen molar-refractivity contribution in [2.24, 2.45) is 11.3 Å². The van der Waals surface area contributed by atoms with Crippen molar-refractivity contribution in [1.82, 2.24) is 10.2 Å². The zero-order valence-corrected chi connectivity index (χ0v) is 20.2. The molecule has 0 bridgehead atoms. The van der Waals surface area contributed by atoms with E-state index in [0.29, 0.717) is 30.1 Å². The van der Waals surface area contributed by atoms with Gasteiger partial charge in [-0.1, -0.05) is 69.6 Å². The number of hydrogen-bond donors (Lipinski definition) is 2. The molecule has 1 heterocycles. The lowest BCUT2D eigenvalue weighted by molar-refractivity contribution is -0.155. The van der Waals surface area contributed by atoms with Crippen LogP contribution in [0.5, 0.6) is 0 Å². The summed E-state index contributed by atoms with van der Waals surface area (Å²) in [6.45, 7) is 10.5. The van der Waals surface area contributed by atoms with E-state index < -0.39 is 17.1 Å². The first-order valence-electron chi connectivity index (χ1n) is 11.1. The fourth-order valence-corrected chi connectivity index (χ4v) is 4.65. The first kappa shape index (κ1) is 24.3. The number of likely N-dealkylation sites (tertiary alicyclic amines) is 1. The molecule has 5 nitrogen and oxygen atoms in total. The minimum Gasteiger partial charge on any atom is -0.384 e. The highest BCUT2D eigenvalue weighted by Crippen LogP contribution is 2.46. The van der Waals surface area contributed by atoms with E-state index in [9.17, 15) is 14.7 Å². The Morgan fingerprint density at radius 2 is 1.72 bits per heavy atom. The number of nitrogens with one attached hydrogen (secondary N) is 1. The summed E-state index contributed by atoms with van der Waals surface area (Å²) in [6, 6.07) is 14.0. The molecule has 0 spiro atoms. The van der Waals surface area contributed by atoms with Crippen molar-refractivity contribution in [3.63, 3.8) is 0 Å². The summed E-state index contributed by atoms with van der Waals surface area (Å²) in [5.41, 5.74) is 0.573. The molecule has 0 aliphatic carbocycles. The van der Waals surface area contributed by atoms with Gasteiger partial charge in [-0.25, -0.2) is 0 Å². The normalized spacial score (nSPS) is 21.3. The molecule has 1 saturated heterocycles. The van der Waals surface area contributed by atoms with Gasteiger partial charge in [-0.3, -0.25) is 9.59 Å². The lowest BCUT2D eigenvalue weighted by Gasteiger charge is -2.51. The molecule has 2 atom stereocenters. The summed E-state index contributed by atoms with van der Waals surface area (Å²) in [7, 11) is 0. The van der Waals surface area contributed by atoms with Crippen molar-refractivity contribution in [1.29, 1.82) is 0 Å². The van der Waals surface area contributed by atoms with Gasteiger partial charge in [0.25, 0.3) is 5.91 Å². The average molecular weight is 457 g/mol. The van der Waals surface area contributed by atoms with Crippen LogP contribution in [-0.4, -0.2) is 41.0 Å². The maximum Gasteiger partial charge on any atom is 0.252 e. The number of carbonyl (C=O) groups is 2. The molecule has 172 valence electrons. The molecule has 1 aliphatic rings. The summed E-state index contributed by atoms with van der Waals surface area (Å²) >= 11 is 6.02. The fraction of sp³-hybridized carbons (Fsp3) is 0.462. The van der Waals surface area contributed by atoms with Crippen LogP contribution in [0.15, 0.2) is 48.5 Å². The molecule has 3 rings (SSSR count). The van der Waals surface area contributed by atoms with E-state index in [-0.39, 0.29) is 17.7 Å². The minimum atomic E-state index is -1.08. The van der Waals surface area contributed by atoms with Gasteiger partial charge in [-0.05, 0) is 48.6 Å². The first-order chi connectivity index (χ1) is 15.0. The highest BCUT2D eigenvalue weighted by Gasteiger charge is 2.50. The zero-order valence-electron chi connectivity index (χ0n) is 19.5. The van der Waals surface area contributed by atoms with Crippen molar-refractivity contribution < 1.29 is 14.7 Å². The molecule has 2 N–H and O–H groups in total. The van der Waals surface area contributed by atoms with Crippen LogP contribution in [-0.2, 0) is 10.4 Å². The van der Waals surface area contributed by atoms with E-state index in [1.807, 2.05) is 65.0 Å². The van der Waals surface area contributed by atoms with Gasteiger partial charge >= 0.3 is 0 Å². The predicted molar refractivity (Wildman–Crippen MR) is 128 cm³/mol. The third-order valence-corrected chi connectivity index (χ3v) is 6.94. The van der Waals surface area contributed by atoms with Crippen LogP contribution in [0.1, 0.15) is 55.6 Å². The number of aliphatic hydroxyl groups is 1. The second-order valence-electron chi connectivity index (χ2n) is 9.77. The maximum absolute atomic E-state index is 13.5. The van der Waals surface area contributed by atoms with Crippen molar-refractivity contribution in [2.75, 3.05) is 13.1 Å². The summed E-state index contributed by atoms with van der Waals surface area (Å²) < 4.78 is 0. The Morgan fingerprint density at radius 3 is 2.28 bits per heavy atom. The Morgan fingerprint density at radius 1 is 1.09 bits per heavy atom. The van der Waals surface area contributed by atoms with E-state index in [2.05, 4.69) is 5.32 Å². The van der Waals surface area contributed by atoms with Crippen LogP contribution in [0.25, 0.3) is 0 Å². The van der Waals surface area contributed by atoms with Gasteiger partial charge in [0, 0.05) is 29.1 Å². The molecule has 2 aromatic rings. The van der Waals surface area contributed by atoms with Gasteiger partial charge in [0.05, 0.1) is 5.60 Å². The number of amides is 2. The lowest BCUT2D eigenvalue weighted by atomic mass is 9.66. The van der Waals surface area contributed by atoms with Gasteiger partial charge in [0.2, 0.25) is 5.91 Å². The number of piperidine rings is 1.